The van der Waals surface area contributed by atoms with E-state index in [1.165, 1.54) is 0 Å². The maximum atomic E-state index is 15.2. The van der Waals surface area contributed by atoms with Crippen molar-refractivity contribution in [1.82, 2.24) is 39.7 Å². The normalized spacial score (nSPS) is 28.5. The molecular formula is C26H25FN10O3. The molecule has 0 aromatic carbocycles. The van der Waals surface area contributed by atoms with Gasteiger partial charge in [-0.15, -0.1) is 0 Å². The average Bonchev–Trinajstić information content (AvgIpc) is 3.27. The number of rotatable bonds is 7. The Labute approximate surface area is 226 Å². The number of carbonyl (C=O) groups is 1. The van der Waals surface area contributed by atoms with Crippen LogP contribution in [0.2, 0.25) is 0 Å². The lowest BCUT2D eigenvalue weighted by molar-refractivity contribution is -0.0528. The largest absolute Gasteiger partial charge is 0.441 e. The predicted molar refractivity (Wildman–Crippen MR) is 136 cm³/mol. The number of nitrogens with zero attached hydrogens (tertiary/aromatic N) is 7. The second-order valence-electron chi connectivity index (χ2n) is 11.2. The molecule has 1 amide bonds. The van der Waals surface area contributed by atoms with E-state index in [1.807, 2.05) is 10.7 Å². The minimum Gasteiger partial charge on any atom is -0.441 e. The minimum atomic E-state index is -1.56. The van der Waals surface area contributed by atoms with E-state index < -0.39 is 24.5 Å². The second-order valence-corrected chi connectivity index (χ2v) is 11.2. The van der Waals surface area contributed by atoms with Crippen molar-refractivity contribution in [1.29, 1.82) is 5.26 Å². The van der Waals surface area contributed by atoms with Crippen LogP contribution in [0.1, 0.15) is 55.6 Å². The van der Waals surface area contributed by atoms with Gasteiger partial charge in [-0.3, -0.25) is 14.2 Å². The van der Waals surface area contributed by atoms with Crippen LogP contribution in [0.15, 0.2) is 30.7 Å². The first kappa shape index (κ1) is 23.4. The molecule has 1 saturated heterocycles. The maximum Gasteiger partial charge on any atom is 0.408 e. The summed E-state index contributed by atoms with van der Waals surface area (Å²) >= 11 is 0. The lowest BCUT2D eigenvalue weighted by atomic mass is 9.50. The van der Waals surface area contributed by atoms with Gasteiger partial charge in [-0.05, 0) is 44.1 Å². The van der Waals surface area contributed by atoms with Gasteiger partial charge in [0.1, 0.15) is 12.2 Å². The van der Waals surface area contributed by atoms with Crippen molar-refractivity contribution in [3.8, 4) is 17.3 Å². The van der Waals surface area contributed by atoms with E-state index in [4.69, 9.17) is 9.47 Å². The Morgan fingerprint density at radius 3 is 2.92 bits per heavy atom. The minimum absolute atomic E-state index is 0.0519. The fourth-order valence-corrected chi connectivity index (χ4v) is 6.06. The zero-order valence-electron chi connectivity index (χ0n) is 21.2. The van der Waals surface area contributed by atoms with Crippen LogP contribution in [0.4, 0.5) is 21.0 Å². The van der Waals surface area contributed by atoms with E-state index in [0.29, 0.717) is 35.1 Å². The number of anilines is 2. The maximum absolute atomic E-state index is 15.2. The first-order valence-electron chi connectivity index (χ1n) is 13.4. The van der Waals surface area contributed by atoms with Crippen LogP contribution in [-0.4, -0.2) is 64.9 Å². The first-order valence-corrected chi connectivity index (χ1v) is 13.4. The number of nitrogens with one attached hydrogen (secondary N) is 3. The number of aromatic amines is 1. The molecule has 0 radical (unpaired) electrons. The Hall–Kier alpha value is -4.51. The summed E-state index contributed by atoms with van der Waals surface area (Å²) in [7, 11) is 0. The highest BCUT2D eigenvalue weighted by atomic mass is 19.1. The third-order valence-electron chi connectivity index (χ3n) is 8.34. The van der Waals surface area contributed by atoms with Gasteiger partial charge >= 0.3 is 6.09 Å². The van der Waals surface area contributed by atoms with Gasteiger partial charge < -0.3 is 20.1 Å². The number of alkyl halides is 1. The van der Waals surface area contributed by atoms with Crippen LogP contribution < -0.4 is 10.6 Å². The van der Waals surface area contributed by atoms with Crippen molar-refractivity contribution >= 4 is 23.5 Å². The summed E-state index contributed by atoms with van der Waals surface area (Å²) in [6, 6.07) is 5.97. The van der Waals surface area contributed by atoms with Gasteiger partial charge in [0.15, 0.2) is 29.4 Å². The zero-order valence-corrected chi connectivity index (χ0v) is 21.2. The third kappa shape index (κ3) is 3.72. The number of carbonyl (C=O) groups excluding carboxylic acids is 1. The summed E-state index contributed by atoms with van der Waals surface area (Å²) in [6.45, 7) is -0.0519. The van der Waals surface area contributed by atoms with Gasteiger partial charge in [0.2, 0.25) is 5.95 Å². The third-order valence-corrected chi connectivity index (χ3v) is 8.34. The van der Waals surface area contributed by atoms with E-state index in [0.717, 1.165) is 43.4 Å². The smallest absolute Gasteiger partial charge is 0.408 e. The molecular weight excluding hydrogens is 519 g/mol. The van der Waals surface area contributed by atoms with E-state index in [-0.39, 0.29) is 17.8 Å². The fourth-order valence-electron chi connectivity index (χ4n) is 6.06. The molecule has 4 aliphatic carbocycles. The molecule has 4 aromatic heterocycles. The molecule has 0 unspecified atom stereocenters. The van der Waals surface area contributed by atoms with Gasteiger partial charge in [-0.1, -0.05) is 0 Å². The highest BCUT2D eigenvalue weighted by Crippen LogP contribution is 2.57. The molecule has 3 N–H and O–H groups in total. The fraction of sp³-hybridized carbons (Fsp3) is 0.462. The number of alkyl carbamates (subject to hydrolysis) is 1. The highest BCUT2D eigenvalue weighted by molar-refractivity contribution is 5.77. The quantitative estimate of drug-likeness (QED) is 0.317. The van der Waals surface area contributed by atoms with Crippen LogP contribution in [0.3, 0.4) is 0 Å². The molecule has 2 bridgehead atoms. The number of ether oxygens (including phenoxy) is 2. The van der Waals surface area contributed by atoms with Crippen LogP contribution in [-0.2, 0) is 9.47 Å². The van der Waals surface area contributed by atoms with Crippen LogP contribution in [0, 0.1) is 17.2 Å². The number of amides is 1. The zero-order chi connectivity index (χ0) is 27.0. The number of imidazole rings is 1. The van der Waals surface area contributed by atoms with E-state index >= 15 is 4.39 Å². The van der Waals surface area contributed by atoms with Crippen LogP contribution in [0.5, 0.6) is 0 Å². The first-order chi connectivity index (χ1) is 19.5. The van der Waals surface area contributed by atoms with E-state index in [2.05, 4.69) is 42.0 Å². The number of nitriles is 1. The summed E-state index contributed by atoms with van der Waals surface area (Å²) in [6.07, 6.45) is 5.96. The van der Waals surface area contributed by atoms with Crippen molar-refractivity contribution in [2.75, 3.05) is 11.9 Å². The van der Waals surface area contributed by atoms with Gasteiger partial charge in [0, 0.05) is 24.0 Å². The SMILES string of the molecule is N#Cc1cn2c(Nc3cc([C@@H]4OC[C@H](OC(=O)NC56CC(C5)C6)[C@H]4F)[nH]n3)ncc(-c3ccnn3C3CC3)c2n1. The molecule has 1 aliphatic heterocycles. The Bertz CT molecular complexity index is 1670. The Morgan fingerprint density at radius 2 is 2.17 bits per heavy atom. The van der Waals surface area contributed by atoms with Gasteiger partial charge in [-0.2, -0.15) is 15.5 Å². The van der Waals surface area contributed by atoms with Crippen LogP contribution in [0.25, 0.3) is 16.9 Å². The van der Waals surface area contributed by atoms with E-state index in [9.17, 15) is 10.1 Å². The standard InChI is InChI=1S/C26H25FN10O3/c27-21-19(40-25(38)33-26-6-13(7-26)8-26)12-39-22(21)17-5-20(35-34-17)32-24-29-10-16(23-31-14(9-28)11-36(23)24)18-3-4-30-37(18)15-1-2-15/h3-5,10-11,13,15,19,21-22H,1-2,6-8,12H2,(H,33,38)(H2,29,32,34,35)/t13?,19-,21+,22-,26?/m0/s1. The molecule has 5 aliphatic rings. The number of aromatic nitrogens is 7. The van der Waals surface area contributed by atoms with Gasteiger partial charge in [0.25, 0.3) is 0 Å². The highest BCUT2D eigenvalue weighted by Gasteiger charge is 2.58. The van der Waals surface area contributed by atoms with Gasteiger partial charge in [0.05, 0.1) is 35.8 Å². The molecule has 204 valence electrons. The van der Waals surface area contributed by atoms with Crippen LogP contribution >= 0.6 is 0 Å². The molecule has 5 fully saturated rings. The average molecular weight is 545 g/mol. The van der Waals surface area contributed by atoms with Crippen molar-refractivity contribution in [2.45, 2.75) is 62.1 Å². The molecule has 13 nitrogen and oxygen atoms in total. The number of H-pyrrole nitrogens is 1. The monoisotopic (exact) mass is 544 g/mol. The van der Waals surface area contributed by atoms with Crippen molar-refractivity contribution in [3.05, 3.63) is 42.1 Å². The molecule has 0 spiro atoms. The molecule has 40 heavy (non-hydrogen) atoms. The number of halogens is 1. The molecule has 9 rings (SSSR count). The Balaban J connectivity index is 0.999. The molecule has 4 saturated carbocycles. The van der Waals surface area contributed by atoms with Gasteiger partial charge in [-0.25, -0.2) is 19.2 Å². The molecule has 5 heterocycles. The van der Waals surface area contributed by atoms with Crippen molar-refractivity contribution in [2.24, 2.45) is 5.92 Å². The molecule has 3 atom stereocenters. The summed E-state index contributed by atoms with van der Waals surface area (Å²) < 4.78 is 29.9. The molecule has 4 aromatic rings. The molecule has 14 heteroatoms. The number of hydrogen-bond acceptors (Lipinski definition) is 9. The number of fused-ring (bicyclic) bond motifs is 1. The van der Waals surface area contributed by atoms with Crippen molar-refractivity contribution in [3.63, 3.8) is 0 Å². The Morgan fingerprint density at radius 1 is 1.32 bits per heavy atom. The number of hydrogen-bond donors (Lipinski definition) is 3. The lowest BCUT2D eigenvalue weighted by Gasteiger charge is -2.61. The summed E-state index contributed by atoms with van der Waals surface area (Å²) in [5, 5.41) is 27.0. The summed E-state index contributed by atoms with van der Waals surface area (Å²) in [5.74, 6) is 1.45. The topological polar surface area (TPSA) is 160 Å². The van der Waals surface area contributed by atoms with E-state index in [1.54, 1.807) is 29.1 Å². The summed E-state index contributed by atoms with van der Waals surface area (Å²) in [4.78, 5) is 21.4. The second kappa shape index (κ2) is 8.49. The lowest BCUT2D eigenvalue weighted by Crippen LogP contribution is -2.68. The summed E-state index contributed by atoms with van der Waals surface area (Å²) in [5.41, 5.74) is 2.67. The van der Waals surface area contributed by atoms with Crippen molar-refractivity contribution < 1.29 is 18.7 Å². The predicted octanol–water partition coefficient (Wildman–Crippen LogP) is 3.32. The Kier molecular flexibility index (Phi) is 4.96.